The summed E-state index contributed by atoms with van der Waals surface area (Å²) in [6.45, 7) is 3.08. The molecule has 35 heavy (non-hydrogen) atoms. The van der Waals surface area contributed by atoms with Gasteiger partial charge in [0.25, 0.3) is 5.91 Å². The first kappa shape index (κ1) is 24.4. The average molecular weight is 488 g/mol. The molecular formula is C28H29N3O3S. The molecule has 0 spiro atoms. The van der Waals surface area contributed by atoms with Gasteiger partial charge < -0.3 is 15.0 Å². The van der Waals surface area contributed by atoms with Gasteiger partial charge in [-0.25, -0.2) is 0 Å². The zero-order valence-electron chi connectivity index (χ0n) is 19.7. The number of ether oxygens (including phenoxy) is 1. The lowest BCUT2D eigenvalue weighted by atomic mass is 10.1. The van der Waals surface area contributed by atoms with Crippen molar-refractivity contribution in [3.8, 4) is 5.75 Å². The summed E-state index contributed by atoms with van der Waals surface area (Å²) in [5.74, 6) is 0.325. The van der Waals surface area contributed by atoms with Gasteiger partial charge in [-0.05, 0) is 73.9 Å². The number of carbonyl (C=O) groups is 2. The van der Waals surface area contributed by atoms with Gasteiger partial charge in [-0.3, -0.25) is 14.5 Å². The first-order valence-electron chi connectivity index (χ1n) is 11.8. The average Bonchev–Trinajstić information content (AvgIpc) is 3.10. The van der Waals surface area contributed by atoms with Crippen molar-refractivity contribution >= 4 is 40.5 Å². The number of hydrogen-bond acceptors (Lipinski definition) is 4. The Labute approximate surface area is 211 Å². The normalized spacial score (nSPS) is 15.4. The molecule has 0 radical (unpaired) electrons. The number of hydrogen-bond donors (Lipinski definition) is 1. The molecular weight excluding hydrogens is 458 g/mol. The van der Waals surface area contributed by atoms with Crippen molar-refractivity contribution in [1.29, 1.82) is 0 Å². The van der Waals surface area contributed by atoms with Gasteiger partial charge in [-0.2, -0.15) is 0 Å². The summed E-state index contributed by atoms with van der Waals surface area (Å²) in [7, 11) is 0. The summed E-state index contributed by atoms with van der Waals surface area (Å²) in [6.07, 6.45) is 1.70. The Hall–Kier alpha value is -3.71. The second-order valence-electron chi connectivity index (χ2n) is 8.30. The lowest BCUT2D eigenvalue weighted by Gasteiger charge is -2.24. The first-order valence-corrected chi connectivity index (χ1v) is 12.2. The van der Waals surface area contributed by atoms with E-state index in [0.29, 0.717) is 29.6 Å². The van der Waals surface area contributed by atoms with E-state index in [4.69, 9.17) is 17.0 Å². The second kappa shape index (κ2) is 11.6. The van der Waals surface area contributed by atoms with Gasteiger partial charge in [-0.1, -0.05) is 48.5 Å². The van der Waals surface area contributed by atoms with Crippen LogP contribution in [0, 0.1) is 0 Å². The highest BCUT2D eigenvalue weighted by molar-refractivity contribution is 7.80. The molecule has 2 amide bonds. The minimum absolute atomic E-state index is 0.0147. The molecule has 1 unspecified atom stereocenters. The number of thiocarbonyl (C=S) groups is 1. The topological polar surface area (TPSA) is 61.9 Å². The van der Waals surface area contributed by atoms with Gasteiger partial charge in [-0.15, -0.1) is 0 Å². The third-order valence-corrected chi connectivity index (χ3v) is 6.29. The van der Waals surface area contributed by atoms with Crippen LogP contribution in [-0.4, -0.2) is 41.0 Å². The Morgan fingerprint density at radius 1 is 0.971 bits per heavy atom. The van der Waals surface area contributed by atoms with E-state index in [-0.39, 0.29) is 18.2 Å². The smallest absolute Gasteiger partial charge is 0.256 e. The van der Waals surface area contributed by atoms with Gasteiger partial charge in [0.15, 0.2) is 5.11 Å². The predicted octanol–water partition coefficient (Wildman–Crippen LogP) is 5.05. The summed E-state index contributed by atoms with van der Waals surface area (Å²) in [6, 6.07) is 26.1. The minimum Gasteiger partial charge on any atom is -0.494 e. The fourth-order valence-electron chi connectivity index (χ4n) is 4.19. The summed E-state index contributed by atoms with van der Waals surface area (Å²) in [4.78, 5) is 29.8. The Morgan fingerprint density at radius 3 is 2.29 bits per heavy atom. The van der Waals surface area contributed by atoms with E-state index in [2.05, 4.69) is 17.4 Å². The van der Waals surface area contributed by atoms with E-state index in [1.54, 1.807) is 17.0 Å². The number of amides is 2. The van der Waals surface area contributed by atoms with Gasteiger partial charge in [0.05, 0.1) is 18.7 Å². The number of para-hydroxylation sites is 1. The molecule has 3 aromatic rings. The van der Waals surface area contributed by atoms with Gasteiger partial charge >= 0.3 is 0 Å². The van der Waals surface area contributed by atoms with Crippen LogP contribution in [0.4, 0.5) is 11.4 Å². The van der Waals surface area contributed by atoms with Crippen LogP contribution < -0.4 is 15.0 Å². The molecule has 4 rings (SSSR count). The molecule has 6 nitrogen and oxygen atoms in total. The van der Waals surface area contributed by atoms with Gasteiger partial charge in [0, 0.05) is 12.2 Å². The Morgan fingerprint density at radius 2 is 1.63 bits per heavy atom. The summed E-state index contributed by atoms with van der Waals surface area (Å²) in [5, 5.41) is 3.33. The zero-order chi connectivity index (χ0) is 24.6. The van der Waals surface area contributed by atoms with E-state index in [1.165, 1.54) is 5.56 Å². The Kier molecular flexibility index (Phi) is 8.11. The molecule has 0 aromatic heterocycles. The number of benzene rings is 3. The highest BCUT2D eigenvalue weighted by Gasteiger charge is 2.43. The van der Waals surface area contributed by atoms with E-state index >= 15 is 0 Å². The number of nitrogens with one attached hydrogen (secondary N) is 1. The van der Waals surface area contributed by atoms with Crippen LogP contribution in [0.25, 0.3) is 0 Å². The van der Waals surface area contributed by atoms with Crippen LogP contribution in [0.5, 0.6) is 5.75 Å². The van der Waals surface area contributed by atoms with E-state index in [0.717, 1.165) is 18.6 Å². The summed E-state index contributed by atoms with van der Waals surface area (Å²) in [5.41, 5.74) is 2.60. The molecule has 3 aromatic carbocycles. The van der Waals surface area contributed by atoms with Gasteiger partial charge in [0.2, 0.25) is 5.91 Å². The van der Waals surface area contributed by atoms with Crippen LogP contribution in [0.2, 0.25) is 0 Å². The minimum atomic E-state index is -0.652. The van der Waals surface area contributed by atoms with Crippen molar-refractivity contribution < 1.29 is 14.3 Å². The van der Waals surface area contributed by atoms with Crippen molar-refractivity contribution in [3.05, 3.63) is 90.5 Å². The summed E-state index contributed by atoms with van der Waals surface area (Å²) >= 11 is 5.74. The molecule has 0 saturated carbocycles. The Balaban J connectivity index is 1.47. The molecule has 0 bridgehead atoms. The van der Waals surface area contributed by atoms with Crippen molar-refractivity contribution in [2.45, 2.75) is 32.2 Å². The number of rotatable bonds is 10. The number of carbonyl (C=O) groups excluding carboxylic acids is 2. The van der Waals surface area contributed by atoms with E-state index in [9.17, 15) is 9.59 Å². The monoisotopic (exact) mass is 487 g/mol. The maximum absolute atomic E-state index is 13.5. The van der Waals surface area contributed by atoms with Crippen LogP contribution >= 0.6 is 12.2 Å². The maximum Gasteiger partial charge on any atom is 0.256 e. The third-order valence-electron chi connectivity index (χ3n) is 5.87. The van der Waals surface area contributed by atoms with Crippen LogP contribution in [0.15, 0.2) is 84.9 Å². The van der Waals surface area contributed by atoms with Crippen LogP contribution in [0.3, 0.4) is 0 Å². The fraction of sp³-hybridized carbons (Fsp3) is 0.250. The second-order valence-corrected chi connectivity index (χ2v) is 8.66. The largest absolute Gasteiger partial charge is 0.494 e. The molecule has 7 heteroatoms. The Bertz CT molecular complexity index is 1150. The fourth-order valence-corrected chi connectivity index (χ4v) is 4.60. The molecule has 1 heterocycles. The molecule has 1 atom stereocenters. The third kappa shape index (κ3) is 6.05. The first-order chi connectivity index (χ1) is 17.1. The van der Waals surface area contributed by atoms with Crippen molar-refractivity contribution in [1.82, 2.24) is 4.90 Å². The molecule has 180 valence electrons. The van der Waals surface area contributed by atoms with E-state index < -0.39 is 6.04 Å². The quantitative estimate of drug-likeness (QED) is 0.406. The predicted molar refractivity (Wildman–Crippen MR) is 143 cm³/mol. The standard InChI is InChI=1S/C28H29N3O3S/c1-2-34-24-17-15-22(16-18-24)29-26(32)20-25-27(33)31(23-13-7-4-8-14-23)28(35)30(25)19-9-12-21-10-5-3-6-11-21/h3-8,10-11,13-18,25H,2,9,12,19-20H2,1H3,(H,29,32). The highest BCUT2D eigenvalue weighted by Crippen LogP contribution is 2.28. The SMILES string of the molecule is CCOc1ccc(NC(=O)CC2C(=O)N(c3ccccc3)C(=S)N2CCCc2ccccc2)cc1. The lowest BCUT2D eigenvalue weighted by molar-refractivity contribution is -0.124. The molecule has 1 N–H and O–H groups in total. The number of nitrogens with zero attached hydrogens (tertiary/aromatic N) is 2. The molecule has 1 saturated heterocycles. The number of anilines is 2. The molecule has 1 aliphatic rings. The van der Waals surface area contributed by atoms with Crippen LogP contribution in [-0.2, 0) is 16.0 Å². The zero-order valence-corrected chi connectivity index (χ0v) is 20.5. The van der Waals surface area contributed by atoms with Crippen LogP contribution in [0.1, 0.15) is 25.3 Å². The highest BCUT2D eigenvalue weighted by atomic mass is 32.1. The van der Waals surface area contributed by atoms with Gasteiger partial charge in [0.1, 0.15) is 11.8 Å². The van der Waals surface area contributed by atoms with E-state index in [1.807, 2.05) is 72.5 Å². The lowest BCUT2D eigenvalue weighted by Crippen LogP contribution is -2.38. The molecule has 1 aliphatic heterocycles. The van der Waals surface area contributed by atoms with Crippen molar-refractivity contribution in [2.75, 3.05) is 23.4 Å². The molecule has 1 fully saturated rings. The van der Waals surface area contributed by atoms with Crippen molar-refractivity contribution in [2.24, 2.45) is 0 Å². The summed E-state index contributed by atoms with van der Waals surface area (Å²) < 4.78 is 5.45. The number of aryl methyl sites for hydroxylation is 1. The molecule has 0 aliphatic carbocycles. The van der Waals surface area contributed by atoms with Crippen molar-refractivity contribution in [3.63, 3.8) is 0 Å². The maximum atomic E-state index is 13.5.